The monoisotopic (exact) mass is 497 g/mol. The number of nitrogens with two attached hydrogens (primary N) is 1. The zero-order valence-electron chi connectivity index (χ0n) is 19.7. The number of carboxylic acid groups (broad SMARTS) is 2. The molecular weight excluding hydrogens is 470 g/mol. The van der Waals surface area contributed by atoms with E-state index in [1.54, 1.807) is 12.1 Å². The average Bonchev–Trinajstić information content (AvgIpc) is 2.85. The fourth-order valence-electron chi connectivity index (χ4n) is 2.75. The molecule has 2 heterocycles. The lowest BCUT2D eigenvalue weighted by Crippen LogP contribution is -2.41. The number of allylic oxidation sites excluding steroid dienone is 2. The van der Waals surface area contributed by atoms with E-state index in [2.05, 4.69) is 30.6 Å². The van der Waals surface area contributed by atoms with Crippen LogP contribution in [0.3, 0.4) is 0 Å². The third-order valence-electron chi connectivity index (χ3n) is 4.69. The molecule has 36 heavy (non-hydrogen) atoms. The number of carbonyl (C=O) groups excluding carboxylic acids is 1. The molecule has 0 saturated carbocycles. The highest BCUT2D eigenvalue weighted by atomic mass is 16.4. The number of benzene rings is 1. The van der Waals surface area contributed by atoms with Crippen LogP contribution in [0.1, 0.15) is 42.7 Å². The van der Waals surface area contributed by atoms with E-state index in [1.807, 2.05) is 26.0 Å². The molecule has 0 bridgehead atoms. The molecule has 7 N–H and O–H groups in total. The van der Waals surface area contributed by atoms with Crippen LogP contribution in [0.15, 0.2) is 47.4 Å². The van der Waals surface area contributed by atoms with Crippen LogP contribution in [-0.4, -0.2) is 54.0 Å². The second-order valence-corrected chi connectivity index (χ2v) is 7.38. The van der Waals surface area contributed by atoms with Crippen molar-refractivity contribution >= 4 is 40.6 Å². The number of amides is 1. The Balaban J connectivity index is 0.00000106. The van der Waals surface area contributed by atoms with E-state index in [0.717, 1.165) is 0 Å². The van der Waals surface area contributed by atoms with E-state index in [9.17, 15) is 19.2 Å². The van der Waals surface area contributed by atoms with Gasteiger partial charge in [0, 0.05) is 17.7 Å². The predicted octanol–water partition coefficient (Wildman–Crippen LogP) is 1.54. The normalized spacial score (nSPS) is 11.4. The summed E-state index contributed by atoms with van der Waals surface area (Å²) in [5, 5.41) is 23.2. The van der Waals surface area contributed by atoms with Crippen molar-refractivity contribution in [1.82, 2.24) is 25.3 Å². The maximum atomic E-state index is 12.3. The molecule has 1 aromatic carbocycles. The number of rotatable bonds is 9. The molecule has 13 nitrogen and oxygen atoms in total. The topological polar surface area (TPSA) is 213 Å². The summed E-state index contributed by atoms with van der Waals surface area (Å²) in [4.78, 5) is 60.4. The first-order valence-electron chi connectivity index (χ1n) is 10.8. The fourth-order valence-corrected chi connectivity index (χ4v) is 2.75. The molecule has 1 unspecified atom stereocenters. The van der Waals surface area contributed by atoms with Gasteiger partial charge in [0.2, 0.25) is 5.95 Å². The molecule has 0 fully saturated rings. The summed E-state index contributed by atoms with van der Waals surface area (Å²) in [5.41, 5.74) is 6.57. The summed E-state index contributed by atoms with van der Waals surface area (Å²) in [7, 11) is 0. The highest BCUT2D eigenvalue weighted by Crippen LogP contribution is 2.12. The first-order chi connectivity index (χ1) is 17.1. The molecule has 1 atom stereocenters. The number of aliphatic carboxylic acids is 2. The SMILES string of the molecule is C/C=C\C.Nc1nc2nc(CNc3ccc(C(=O)NC(CCC(=O)O)C(=O)O)cc3)cnc2c(=O)[nH]1. The van der Waals surface area contributed by atoms with E-state index in [1.165, 1.54) is 18.3 Å². The Morgan fingerprint density at radius 2 is 1.78 bits per heavy atom. The highest BCUT2D eigenvalue weighted by Gasteiger charge is 2.21. The Hall–Kier alpha value is -4.81. The Morgan fingerprint density at radius 3 is 2.36 bits per heavy atom. The summed E-state index contributed by atoms with van der Waals surface area (Å²) in [6, 6.07) is 4.88. The number of hydrogen-bond donors (Lipinski definition) is 6. The molecule has 190 valence electrons. The van der Waals surface area contributed by atoms with Crippen LogP contribution in [0.4, 0.5) is 11.6 Å². The molecule has 13 heteroatoms. The molecule has 0 aliphatic heterocycles. The minimum absolute atomic E-state index is 0.0659. The minimum Gasteiger partial charge on any atom is -0.481 e. The van der Waals surface area contributed by atoms with Crippen molar-refractivity contribution < 1.29 is 24.6 Å². The van der Waals surface area contributed by atoms with Crippen molar-refractivity contribution in [2.24, 2.45) is 0 Å². The Bertz CT molecular complexity index is 1300. The van der Waals surface area contributed by atoms with E-state index >= 15 is 0 Å². The summed E-state index contributed by atoms with van der Waals surface area (Å²) in [6.07, 6.45) is 4.82. The molecule has 2 aromatic heterocycles. The van der Waals surface area contributed by atoms with Gasteiger partial charge >= 0.3 is 11.9 Å². The van der Waals surface area contributed by atoms with Crippen molar-refractivity contribution in [2.75, 3.05) is 11.1 Å². The van der Waals surface area contributed by atoms with Gasteiger partial charge in [-0.2, -0.15) is 4.98 Å². The van der Waals surface area contributed by atoms with Crippen LogP contribution < -0.4 is 21.9 Å². The average molecular weight is 498 g/mol. The number of nitrogens with one attached hydrogen (secondary N) is 3. The van der Waals surface area contributed by atoms with E-state index in [4.69, 9.17) is 15.9 Å². The molecule has 0 saturated heterocycles. The van der Waals surface area contributed by atoms with Gasteiger partial charge in [-0.15, -0.1) is 0 Å². The van der Waals surface area contributed by atoms with Gasteiger partial charge < -0.3 is 26.6 Å². The van der Waals surface area contributed by atoms with Gasteiger partial charge in [-0.25, -0.2) is 14.8 Å². The van der Waals surface area contributed by atoms with Gasteiger partial charge in [0.15, 0.2) is 11.2 Å². The van der Waals surface area contributed by atoms with Crippen LogP contribution in [-0.2, 0) is 16.1 Å². The summed E-state index contributed by atoms with van der Waals surface area (Å²) < 4.78 is 0. The number of aromatic nitrogens is 4. The lowest BCUT2D eigenvalue weighted by atomic mass is 10.1. The second kappa shape index (κ2) is 13.2. The molecular formula is C23H27N7O6. The van der Waals surface area contributed by atoms with E-state index < -0.39 is 29.4 Å². The van der Waals surface area contributed by atoms with Crippen molar-refractivity contribution in [3.05, 3.63) is 64.2 Å². The molecule has 0 aliphatic rings. The molecule has 3 aromatic rings. The van der Waals surface area contributed by atoms with Gasteiger partial charge in [0.25, 0.3) is 11.5 Å². The van der Waals surface area contributed by atoms with Gasteiger partial charge in [0.1, 0.15) is 6.04 Å². The molecule has 0 aliphatic carbocycles. The molecule has 1 amide bonds. The smallest absolute Gasteiger partial charge is 0.326 e. The number of nitrogen functional groups attached to an aromatic ring is 1. The lowest BCUT2D eigenvalue weighted by Gasteiger charge is -2.14. The third-order valence-corrected chi connectivity index (χ3v) is 4.69. The van der Waals surface area contributed by atoms with Crippen LogP contribution in [0.5, 0.6) is 0 Å². The quantitative estimate of drug-likeness (QED) is 0.233. The Morgan fingerprint density at radius 1 is 1.11 bits per heavy atom. The first-order valence-corrected chi connectivity index (χ1v) is 10.8. The number of H-pyrrole nitrogens is 1. The summed E-state index contributed by atoms with van der Waals surface area (Å²) in [6.45, 7) is 4.25. The van der Waals surface area contributed by atoms with Crippen molar-refractivity contribution in [3.8, 4) is 0 Å². The van der Waals surface area contributed by atoms with Crippen molar-refractivity contribution in [2.45, 2.75) is 39.3 Å². The van der Waals surface area contributed by atoms with Crippen LogP contribution in [0, 0.1) is 0 Å². The lowest BCUT2D eigenvalue weighted by molar-refractivity contribution is -0.140. The largest absolute Gasteiger partial charge is 0.481 e. The minimum atomic E-state index is -1.31. The Labute approximate surface area is 205 Å². The Kier molecular flexibility index (Phi) is 10.0. The third kappa shape index (κ3) is 8.20. The van der Waals surface area contributed by atoms with E-state index in [0.29, 0.717) is 11.4 Å². The maximum Gasteiger partial charge on any atom is 0.326 e. The zero-order valence-corrected chi connectivity index (χ0v) is 19.7. The first kappa shape index (κ1) is 27.4. The number of fused-ring (bicyclic) bond motifs is 1. The summed E-state index contributed by atoms with van der Waals surface area (Å²) in [5.74, 6) is -3.16. The second-order valence-electron chi connectivity index (χ2n) is 7.38. The van der Waals surface area contributed by atoms with Gasteiger partial charge in [0.05, 0.1) is 18.4 Å². The number of anilines is 2. The zero-order chi connectivity index (χ0) is 26.7. The molecule has 3 rings (SSSR count). The number of nitrogens with zero attached hydrogens (tertiary/aromatic N) is 3. The van der Waals surface area contributed by atoms with E-state index in [-0.39, 0.29) is 42.1 Å². The summed E-state index contributed by atoms with van der Waals surface area (Å²) >= 11 is 0. The van der Waals surface area contributed by atoms with Crippen LogP contribution in [0.2, 0.25) is 0 Å². The highest BCUT2D eigenvalue weighted by molar-refractivity contribution is 5.96. The molecule has 0 spiro atoms. The number of aromatic amines is 1. The maximum absolute atomic E-state index is 12.3. The number of carbonyl (C=O) groups is 3. The van der Waals surface area contributed by atoms with Gasteiger partial charge in [-0.1, -0.05) is 12.2 Å². The van der Waals surface area contributed by atoms with Gasteiger partial charge in [-0.05, 0) is 44.5 Å². The van der Waals surface area contributed by atoms with Crippen molar-refractivity contribution in [3.63, 3.8) is 0 Å². The fraction of sp³-hybridized carbons (Fsp3) is 0.261. The number of carboxylic acids is 2. The van der Waals surface area contributed by atoms with Crippen LogP contribution in [0.25, 0.3) is 11.2 Å². The molecule has 0 radical (unpaired) electrons. The predicted molar refractivity (Wildman–Crippen MR) is 132 cm³/mol. The number of hydrogen-bond acceptors (Lipinski definition) is 9. The standard InChI is InChI=1S/C19H19N7O6.C4H8/c20-19-25-15-14(17(30)26-19)22-8-11(23-15)7-21-10-3-1-9(2-4-10)16(29)24-12(18(31)32)5-6-13(27)28;1-3-4-2/h1-4,8,12,21H,5-7H2,(H,24,29)(H,27,28)(H,31,32)(H3,20,23,25,26,30);3-4H,1-2H3/b;4-3-. The van der Waals surface area contributed by atoms with Gasteiger partial charge in [-0.3, -0.25) is 19.4 Å². The van der Waals surface area contributed by atoms with Crippen LogP contribution >= 0.6 is 0 Å². The van der Waals surface area contributed by atoms with Crippen molar-refractivity contribution in [1.29, 1.82) is 0 Å².